The average Bonchev–Trinajstić information content (AvgIpc) is 2.27. The first-order chi connectivity index (χ1) is 7.63. The Morgan fingerprint density at radius 2 is 2.31 bits per heavy atom. The van der Waals surface area contributed by atoms with Crippen LogP contribution in [-0.4, -0.2) is 12.6 Å². The van der Waals surface area contributed by atoms with Crippen LogP contribution in [0.2, 0.25) is 0 Å². The molecule has 0 saturated heterocycles. The maximum absolute atomic E-state index is 13.3. The first-order valence-corrected chi connectivity index (χ1v) is 5.66. The van der Waals surface area contributed by atoms with Gasteiger partial charge in [0, 0.05) is 10.0 Å². The summed E-state index contributed by atoms with van der Waals surface area (Å²) < 4.78 is 19.5. The van der Waals surface area contributed by atoms with Crippen LogP contribution in [0.5, 0.6) is 0 Å². The number of nitrogens with two attached hydrogens (primary N) is 1. The van der Waals surface area contributed by atoms with Crippen LogP contribution in [0, 0.1) is 17.7 Å². The van der Waals surface area contributed by atoms with Crippen LogP contribution in [0.25, 0.3) is 0 Å². The number of halogens is 2. The molecule has 1 aromatic rings. The molecule has 0 radical (unpaired) electrons. The molecule has 1 aromatic carbocycles. The van der Waals surface area contributed by atoms with E-state index >= 15 is 0 Å². The van der Waals surface area contributed by atoms with Crippen molar-refractivity contribution in [2.24, 2.45) is 5.73 Å². The van der Waals surface area contributed by atoms with Crippen molar-refractivity contribution in [1.82, 2.24) is 0 Å². The molecule has 0 bridgehead atoms. The summed E-state index contributed by atoms with van der Waals surface area (Å²) in [5.41, 5.74) is 5.74. The van der Waals surface area contributed by atoms with Crippen LogP contribution in [-0.2, 0) is 11.3 Å². The highest BCUT2D eigenvalue weighted by Crippen LogP contribution is 2.16. The molecule has 1 rings (SSSR count). The van der Waals surface area contributed by atoms with E-state index in [0.29, 0.717) is 12.1 Å². The van der Waals surface area contributed by atoms with E-state index in [4.69, 9.17) is 10.5 Å². The zero-order valence-corrected chi connectivity index (χ0v) is 10.6. The van der Waals surface area contributed by atoms with Gasteiger partial charge in [-0.1, -0.05) is 27.8 Å². The highest BCUT2D eigenvalue weighted by Gasteiger charge is 2.04. The molecule has 0 fully saturated rings. The molecule has 86 valence electrons. The summed E-state index contributed by atoms with van der Waals surface area (Å²) in [4.78, 5) is 0. The summed E-state index contributed by atoms with van der Waals surface area (Å²) in [7, 11) is 0. The third-order valence-corrected chi connectivity index (χ3v) is 2.40. The fourth-order valence-electron chi connectivity index (χ4n) is 1.11. The van der Waals surface area contributed by atoms with Crippen LogP contribution in [0.15, 0.2) is 22.7 Å². The Morgan fingerprint density at radius 1 is 1.56 bits per heavy atom. The molecular weight excluding hydrogens is 273 g/mol. The van der Waals surface area contributed by atoms with E-state index < -0.39 is 0 Å². The van der Waals surface area contributed by atoms with Gasteiger partial charge in [-0.05, 0) is 25.1 Å². The molecule has 0 heterocycles. The quantitative estimate of drug-likeness (QED) is 0.866. The van der Waals surface area contributed by atoms with Crippen molar-refractivity contribution in [3.05, 3.63) is 34.1 Å². The third kappa shape index (κ3) is 4.31. The minimum absolute atomic E-state index is 0.200. The molecule has 4 heteroatoms. The van der Waals surface area contributed by atoms with Crippen molar-refractivity contribution in [1.29, 1.82) is 0 Å². The van der Waals surface area contributed by atoms with Gasteiger partial charge in [0.15, 0.2) is 0 Å². The van der Waals surface area contributed by atoms with E-state index in [2.05, 4.69) is 27.8 Å². The fourth-order valence-corrected chi connectivity index (χ4v) is 1.52. The Labute approximate surface area is 103 Å². The summed E-state index contributed by atoms with van der Waals surface area (Å²) in [6.07, 6.45) is -0.248. The smallest absolute Gasteiger partial charge is 0.128 e. The number of rotatable bonds is 3. The highest BCUT2D eigenvalue weighted by atomic mass is 79.9. The van der Waals surface area contributed by atoms with E-state index in [0.717, 1.165) is 4.47 Å². The first kappa shape index (κ1) is 13.2. The number of benzene rings is 1. The number of ether oxygens (including phenoxy) is 1. The van der Waals surface area contributed by atoms with Crippen molar-refractivity contribution in [2.75, 3.05) is 6.54 Å². The molecule has 1 unspecified atom stereocenters. The lowest BCUT2D eigenvalue weighted by atomic mass is 10.2. The Balaban J connectivity index is 2.57. The monoisotopic (exact) mass is 285 g/mol. The molecule has 0 aliphatic heterocycles. The van der Waals surface area contributed by atoms with Gasteiger partial charge in [-0.25, -0.2) is 4.39 Å². The molecule has 0 amide bonds. The van der Waals surface area contributed by atoms with E-state index in [-0.39, 0.29) is 18.5 Å². The maximum atomic E-state index is 13.3. The van der Waals surface area contributed by atoms with Crippen molar-refractivity contribution in [3.8, 4) is 11.8 Å². The third-order valence-electron chi connectivity index (χ3n) is 1.90. The van der Waals surface area contributed by atoms with Gasteiger partial charge in [0.1, 0.15) is 11.9 Å². The SMILES string of the molecule is CC(C#CCN)OCc1cc(Br)ccc1F. The van der Waals surface area contributed by atoms with Gasteiger partial charge >= 0.3 is 0 Å². The topological polar surface area (TPSA) is 35.2 Å². The second-order valence-electron chi connectivity index (χ2n) is 3.21. The Morgan fingerprint density at radius 3 is 3.00 bits per heavy atom. The van der Waals surface area contributed by atoms with Gasteiger partial charge in [0.2, 0.25) is 0 Å². The zero-order chi connectivity index (χ0) is 12.0. The minimum atomic E-state index is -0.276. The van der Waals surface area contributed by atoms with Crippen molar-refractivity contribution in [2.45, 2.75) is 19.6 Å². The molecular formula is C12H13BrFNO. The standard InChI is InChI=1S/C12H13BrFNO/c1-9(3-2-6-15)16-8-10-7-11(13)4-5-12(10)14/h4-5,7,9H,6,8,15H2,1H3. The summed E-state index contributed by atoms with van der Waals surface area (Å²) >= 11 is 3.28. The van der Waals surface area contributed by atoms with E-state index in [9.17, 15) is 4.39 Å². The minimum Gasteiger partial charge on any atom is -0.361 e. The second kappa shape index (κ2) is 6.64. The lowest BCUT2D eigenvalue weighted by molar-refractivity contribution is 0.0879. The largest absolute Gasteiger partial charge is 0.361 e. The van der Waals surface area contributed by atoms with Crippen LogP contribution < -0.4 is 5.73 Å². The lowest BCUT2D eigenvalue weighted by Gasteiger charge is -2.08. The highest BCUT2D eigenvalue weighted by molar-refractivity contribution is 9.10. The van der Waals surface area contributed by atoms with Gasteiger partial charge in [0.05, 0.1) is 13.2 Å². The number of hydrogen-bond donors (Lipinski definition) is 1. The van der Waals surface area contributed by atoms with Crippen molar-refractivity contribution >= 4 is 15.9 Å². The van der Waals surface area contributed by atoms with Gasteiger partial charge in [0.25, 0.3) is 0 Å². The van der Waals surface area contributed by atoms with E-state index in [1.807, 2.05) is 0 Å². The van der Waals surface area contributed by atoms with E-state index in [1.165, 1.54) is 6.07 Å². The lowest BCUT2D eigenvalue weighted by Crippen LogP contribution is -2.07. The summed E-state index contributed by atoms with van der Waals surface area (Å²) in [5.74, 6) is 5.24. The Kier molecular flexibility index (Phi) is 5.47. The average molecular weight is 286 g/mol. The fraction of sp³-hybridized carbons (Fsp3) is 0.333. The maximum Gasteiger partial charge on any atom is 0.128 e. The van der Waals surface area contributed by atoms with Gasteiger partial charge in [-0.15, -0.1) is 0 Å². The van der Waals surface area contributed by atoms with Gasteiger partial charge in [-0.2, -0.15) is 0 Å². The molecule has 0 spiro atoms. The molecule has 0 aliphatic rings. The van der Waals surface area contributed by atoms with Crippen LogP contribution in [0.1, 0.15) is 12.5 Å². The molecule has 0 aliphatic carbocycles. The summed E-state index contributed by atoms with van der Waals surface area (Å²) in [6, 6.07) is 4.74. The Hall–Kier alpha value is -0.890. The first-order valence-electron chi connectivity index (χ1n) is 4.87. The zero-order valence-electron chi connectivity index (χ0n) is 8.97. The molecule has 1 atom stereocenters. The van der Waals surface area contributed by atoms with Crippen LogP contribution >= 0.6 is 15.9 Å². The molecule has 0 aromatic heterocycles. The predicted molar refractivity (Wildman–Crippen MR) is 65.2 cm³/mol. The molecule has 2 N–H and O–H groups in total. The second-order valence-corrected chi connectivity index (χ2v) is 4.13. The van der Waals surface area contributed by atoms with Gasteiger partial charge < -0.3 is 10.5 Å². The molecule has 2 nitrogen and oxygen atoms in total. The number of hydrogen-bond acceptors (Lipinski definition) is 2. The van der Waals surface area contributed by atoms with Crippen molar-refractivity contribution < 1.29 is 9.13 Å². The molecule has 16 heavy (non-hydrogen) atoms. The van der Waals surface area contributed by atoms with Gasteiger partial charge in [-0.3, -0.25) is 0 Å². The van der Waals surface area contributed by atoms with Crippen molar-refractivity contribution in [3.63, 3.8) is 0 Å². The summed E-state index contributed by atoms with van der Waals surface area (Å²) in [5, 5.41) is 0. The summed E-state index contributed by atoms with van der Waals surface area (Å²) in [6.45, 7) is 2.31. The van der Waals surface area contributed by atoms with Crippen LogP contribution in [0.3, 0.4) is 0 Å². The Bertz CT molecular complexity index is 411. The van der Waals surface area contributed by atoms with Crippen LogP contribution in [0.4, 0.5) is 4.39 Å². The predicted octanol–water partition coefficient (Wildman–Crippen LogP) is 2.46. The normalized spacial score (nSPS) is 11.8. The van der Waals surface area contributed by atoms with E-state index in [1.54, 1.807) is 19.1 Å². The molecule has 0 saturated carbocycles.